The van der Waals surface area contributed by atoms with Gasteiger partial charge in [-0.15, -0.1) is 0 Å². The molecule has 1 N–H and O–H groups in total. The molecule has 6 heteroatoms. The van der Waals surface area contributed by atoms with Crippen molar-refractivity contribution in [1.29, 1.82) is 0 Å². The van der Waals surface area contributed by atoms with Crippen LogP contribution in [0.2, 0.25) is 0 Å². The van der Waals surface area contributed by atoms with Crippen molar-refractivity contribution in [2.24, 2.45) is 5.92 Å². The quantitative estimate of drug-likeness (QED) is 0.881. The molecule has 4 rings (SSSR count). The first-order valence-electron chi connectivity index (χ1n) is 9.78. The average Bonchev–Trinajstić information content (AvgIpc) is 3.39. The first-order chi connectivity index (χ1) is 13.2. The number of hydrogen-bond donors (Lipinski definition) is 1. The molecule has 1 aliphatic heterocycles. The lowest BCUT2D eigenvalue weighted by Gasteiger charge is -2.36. The summed E-state index contributed by atoms with van der Waals surface area (Å²) in [5.41, 5.74) is 1.61. The molecule has 0 bridgehead atoms. The van der Waals surface area contributed by atoms with Gasteiger partial charge in [-0.05, 0) is 31.4 Å². The third-order valence-corrected chi connectivity index (χ3v) is 5.60. The monoisotopic (exact) mass is 367 g/mol. The van der Waals surface area contributed by atoms with Crippen molar-refractivity contribution >= 4 is 11.8 Å². The Bertz CT molecular complexity index is 796. The highest BCUT2D eigenvalue weighted by Gasteiger charge is 2.35. The summed E-state index contributed by atoms with van der Waals surface area (Å²) in [6.45, 7) is 0.881. The van der Waals surface area contributed by atoms with Gasteiger partial charge in [-0.25, -0.2) is 4.98 Å². The van der Waals surface area contributed by atoms with Crippen LogP contribution in [0.4, 0.5) is 0 Å². The number of rotatable bonds is 5. The van der Waals surface area contributed by atoms with E-state index in [9.17, 15) is 9.59 Å². The van der Waals surface area contributed by atoms with E-state index in [-0.39, 0.29) is 17.7 Å². The van der Waals surface area contributed by atoms with E-state index in [2.05, 4.69) is 10.3 Å². The molecule has 1 saturated heterocycles. The molecule has 2 aromatic rings. The number of carbonyl (C=O) groups is 2. The van der Waals surface area contributed by atoms with E-state index in [0.29, 0.717) is 43.6 Å². The van der Waals surface area contributed by atoms with Crippen LogP contribution in [0.5, 0.6) is 0 Å². The number of piperidine rings is 1. The minimum absolute atomic E-state index is 0.00485. The summed E-state index contributed by atoms with van der Waals surface area (Å²) in [5.74, 6) is 0.615. The molecule has 1 aromatic heterocycles. The Balaban J connectivity index is 1.33. The molecule has 0 unspecified atom stereocenters. The topological polar surface area (TPSA) is 75.4 Å². The molecule has 0 spiro atoms. The van der Waals surface area contributed by atoms with Gasteiger partial charge in [0.1, 0.15) is 6.26 Å². The van der Waals surface area contributed by atoms with Crippen LogP contribution in [0, 0.1) is 5.92 Å². The number of hydrogen-bond acceptors (Lipinski definition) is 4. The molecule has 6 nitrogen and oxygen atoms in total. The Hall–Kier alpha value is -2.63. The molecule has 2 fully saturated rings. The Kier molecular flexibility index (Phi) is 5.23. The highest BCUT2D eigenvalue weighted by atomic mass is 16.3. The van der Waals surface area contributed by atoms with Crippen molar-refractivity contribution in [3.63, 3.8) is 0 Å². The minimum Gasteiger partial charge on any atom is -0.444 e. The van der Waals surface area contributed by atoms with E-state index in [1.165, 1.54) is 12.8 Å². The number of carbonyl (C=O) groups excluding carboxylic acids is 2. The fourth-order valence-corrected chi connectivity index (χ4v) is 4.08. The van der Waals surface area contributed by atoms with Crippen LogP contribution in [0.3, 0.4) is 0 Å². The van der Waals surface area contributed by atoms with Gasteiger partial charge in [-0.2, -0.15) is 0 Å². The molecule has 142 valence electrons. The molecule has 2 heterocycles. The van der Waals surface area contributed by atoms with Crippen LogP contribution in [0.25, 0.3) is 11.5 Å². The third-order valence-electron chi connectivity index (χ3n) is 5.60. The first-order valence-corrected chi connectivity index (χ1v) is 9.78. The number of aromatic nitrogens is 1. The Labute approximate surface area is 159 Å². The minimum atomic E-state index is -0.135. The van der Waals surface area contributed by atoms with E-state index in [1.54, 1.807) is 6.26 Å². The normalized spacial score (nSPS) is 20.8. The molecular weight excluding hydrogens is 342 g/mol. The number of benzene rings is 1. The second-order valence-corrected chi connectivity index (χ2v) is 7.45. The van der Waals surface area contributed by atoms with Crippen molar-refractivity contribution in [3.8, 4) is 11.5 Å². The predicted molar refractivity (Wildman–Crippen MR) is 100 cm³/mol. The Morgan fingerprint density at radius 1 is 1.19 bits per heavy atom. The van der Waals surface area contributed by atoms with Gasteiger partial charge in [0, 0.05) is 24.6 Å². The largest absolute Gasteiger partial charge is 0.444 e. The smallest absolute Gasteiger partial charge is 0.226 e. The molecule has 1 atom stereocenters. The lowest BCUT2D eigenvalue weighted by atomic mass is 9.95. The zero-order valence-corrected chi connectivity index (χ0v) is 15.4. The highest BCUT2D eigenvalue weighted by molar-refractivity contribution is 5.84. The maximum Gasteiger partial charge on any atom is 0.226 e. The summed E-state index contributed by atoms with van der Waals surface area (Å²) in [6.07, 6.45) is 7.18. The van der Waals surface area contributed by atoms with Crippen molar-refractivity contribution in [2.45, 2.75) is 51.1 Å². The molecule has 1 aromatic carbocycles. The van der Waals surface area contributed by atoms with Gasteiger partial charge < -0.3 is 14.6 Å². The third kappa shape index (κ3) is 4.04. The van der Waals surface area contributed by atoms with Crippen molar-refractivity contribution in [1.82, 2.24) is 15.2 Å². The molecule has 1 aliphatic carbocycles. The summed E-state index contributed by atoms with van der Waals surface area (Å²) in [5, 5.41) is 2.96. The number of nitrogens with one attached hydrogen (secondary N) is 1. The molecule has 27 heavy (non-hydrogen) atoms. The number of nitrogens with zero attached hydrogens (tertiary/aromatic N) is 2. The van der Waals surface area contributed by atoms with Crippen LogP contribution < -0.4 is 5.32 Å². The Morgan fingerprint density at radius 3 is 2.74 bits per heavy atom. The van der Waals surface area contributed by atoms with Gasteiger partial charge in [0.25, 0.3) is 0 Å². The fraction of sp³-hybridized carbons (Fsp3) is 0.476. The first kappa shape index (κ1) is 17.8. The second-order valence-electron chi connectivity index (χ2n) is 7.45. The second kappa shape index (κ2) is 7.94. The van der Waals surface area contributed by atoms with Gasteiger partial charge in [-0.1, -0.05) is 31.0 Å². The number of oxazole rings is 1. The van der Waals surface area contributed by atoms with E-state index in [1.807, 2.05) is 35.2 Å². The summed E-state index contributed by atoms with van der Waals surface area (Å²) in [7, 11) is 0. The summed E-state index contributed by atoms with van der Waals surface area (Å²) in [6, 6.07) is 10.0. The maximum atomic E-state index is 12.6. The van der Waals surface area contributed by atoms with E-state index in [0.717, 1.165) is 18.4 Å². The number of likely N-dealkylation sites (tertiary alicyclic amines) is 1. The summed E-state index contributed by atoms with van der Waals surface area (Å²) in [4.78, 5) is 31.2. The van der Waals surface area contributed by atoms with Crippen LogP contribution in [-0.4, -0.2) is 34.3 Å². The molecular formula is C21H25N3O3. The van der Waals surface area contributed by atoms with Crippen molar-refractivity contribution in [2.75, 3.05) is 6.54 Å². The zero-order chi connectivity index (χ0) is 18.6. The van der Waals surface area contributed by atoms with Gasteiger partial charge in [-0.3, -0.25) is 9.59 Å². The molecule has 1 saturated carbocycles. The molecule has 0 radical (unpaired) electrons. The lowest BCUT2D eigenvalue weighted by Crippen LogP contribution is -2.49. The number of amides is 2. The van der Waals surface area contributed by atoms with Gasteiger partial charge >= 0.3 is 0 Å². The van der Waals surface area contributed by atoms with Crippen molar-refractivity contribution < 1.29 is 14.0 Å². The summed E-state index contributed by atoms with van der Waals surface area (Å²) >= 11 is 0. The van der Waals surface area contributed by atoms with E-state index in [4.69, 9.17) is 4.42 Å². The summed E-state index contributed by atoms with van der Waals surface area (Å²) < 4.78 is 5.51. The highest BCUT2D eigenvalue weighted by Crippen LogP contribution is 2.28. The SMILES string of the molecule is O=C(NCc1coc(-c2ccccc2)n1)[C@@H]1CCC(=O)N(C2CCCC2)C1. The maximum absolute atomic E-state index is 12.6. The Morgan fingerprint density at radius 2 is 1.96 bits per heavy atom. The van der Waals surface area contributed by atoms with Crippen LogP contribution in [-0.2, 0) is 16.1 Å². The lowest BCUT2D eigenvalue weighted by molar-refractivity contribution is -0.140. The van der Waals surface area contributed by atoms with Gasteiger partial charge in [0.2, 0.25) is 17.7 Å². The predicted octanol–water partition coefficient (Wildman–Crippen LogP) is 3.14. The molecule has 2 amide bonds. The zero-order valence-electron chi connectivity index (χ0n) is 15.4. The molecule has 2 aliphatic rings. The van der Waals surface area contributed by atoms with Crippen LogP contribution in [0.1, 0.15) is 44.2 Å². The van der Waals surface area contributed by atoms with Crippen LogP contribution in [0.15, 0.2) is 41.0 Å². The van der Waals surface area contributed by atoms with Crippen molar-refractivity contribution in [3.05, 3.63) is 42.3 Å². The van der Waals surface area contributed by atoms with Gasteiger partial charge in [0.05, 0.1) is 18.2 Å². The van der Waals surface area contributed by atoms with E-state index >= 15 is 0 Å². The fourth-order valence-electron chi connectivity index (χ4n) is 4.08. The standard InChI is InChI=1S/C21H25N3O3/c25-19-11-10-16(13-24(19)18-8-4-5-9-18)20(26)22-12-17-14-27-21(23-17)15-6-2-1-3-7-15/h1-3,6-7,14,16,18H,4-5,8-13H2,(H,22,26)/t16-/m1/s1. The average molecular weight is 367 g/mol. The van der Waals surface area contributed by atoms with E-state index < -0.39 is 0 Å². The van der Waals surface area contributed by atoms with Crippen LogP contribution >= 0.6 is 0 Å². The van der Waals surface area contributed by atoms with Gasteiger partial charge in [0.15, 0.2) is 0 Å².